The van der Waals surface area contributed by atoms with Crippen LogP contribution in [0.25, 0.3) is 6.08 Å². The number of benzene rings is 3. The van der Waals surface area contributed by atoms with E-state index in [2.05, 4.69) is 21.2 Å². The second kappa shape index (κ2) is 11.1. The first-order chi connectivity index (χ1) is 17.7. The van der Waals surface area contributed by atoms with Gasteiger partial charge in [-0.2, -0.15) is 0 Å². The Bertz CT molecular complexity index is 1440. The second-order valence-electron chi connectivity index (χ2n) is 8.07. The van der Waals surface area contributed by atoms with Crippen LogP contribution in [0, 0.1) is 12.7 Å². The van der Waals surface area contributed by atoms with Gasteiger partial charge in [0.15, 0.2) is 11.5 Å². The van der Waals surface area contributed by atoms with E-state index in [1.807, 2.05) is 0 Å². The molecule has 0 radical (unpaired) electrons. The molecule has 3 aromatic carbocycles. The van der Waals surface area contributed by atoms with Crippen molar-refractivity contribution in [2.45, 2.75) is 20.5 Å². The number of carbonyl (C=O) groups excluding carboxylic acids is 3. The van der Waals surface area contributed by atoms with Crippen LogP contribution in [-0.2, 0) is 16.2 Å². The molecule has 1 heterocycles. The average molecular weight is 588 g/mol. The molecule has 1 saturated heterocycles. The Balaban J connectivity index is 1.67. The maximum Gasteiger partial charge on any atom is 0.335 e. The van der Waals surface area contributed by atoms with Gasteiger partial charge in [-0.15, -0.1) is 0 Å². The highest BCUT2D eigenvalue weighted by Crippen LogP contribution is 2.38. The number of urea groups is 1. The summed E-state index contributed by atoms with van der Waals surface area (Å²) in [6.45, 7) is 3.99. The number of nitrogens with one attached hydrogen (secondary N) is 1. The number of nitrogens with zero attached hydrogens (tertiary/aromatic N) is 1. The van der Waals surface area contributed by atoms with E-state index in [1.165, 1.54) is 24.3 Å². The largest absolute Gasteiger partial charge is 0.490 e. The number of barbiturate groups is 1. The third kappa shape index (κ3) is 5.84. The molecule has 3 aromatic rings. The Morgan fingerprint density at radius 1 is 1.08 bits per heavy atom. The molecule has 0 aliphatic carbocycles. The number of rotatable bonds is 7. The molecule has 1 aliphatic rings. The Morgan fingerprint density at radius 3 is 2.57 bits per heavy atom. The van der Waals surface area contributed by atoms with E-state index in [1.54, 1.807) is 50.2 Å². The van der Waals surface area contributed by atoms with Gasteiger partial charge in [0.1, 0.15) is 18.0 Å². The molecule has 190 valence electrons. The lowest BCUT2D eigenvalue weighted by Crippen LogP contribution is -2.54. The van der Waals surface area contributed by atoms with Crippen LogP contribution in [0.4, 0.5) is 14.9 Å². The van der Waals surface area contributed by atoms with Crippen molar-refractivity contribution in [2.24, 2.45) is 0 Å². The summed E-state index contributed by atoms with van der Waals surface area (Å²) in [6.07, 6.45) is 1.36. The molecule has 1 fully saturated rings. The summed E-state index contributed by atoms with van der Waals surface area (Å²) in [5.41, 5.74) is 1.83. The summed E-state index contributed by atoms with van der Waals surface area (Å²) in [5.74, 6) is -1.27. The van der Waals surface area contributed by atoms with Crippen molar-refractivity contribution in [2.75, 3.05) is 11.5 Å². The summed E-state index contributed by atoms with van der Waals surface area (Å²) in [5, 5.41) is 2.56. The Hall–Kier alpha value is -3.69. The average Bonchev–Trinajstić information content (AvgIpc) is 2.83. The van der Waals surface area contributed by atoms with Crippen molar-refractivity contribution < 1.29 is 28.2 Å². The number of halogens is 3. The molecule has 1 aliphatic heterocycles. The van der Waals surface area contributed by atoms with Crippen LogP contribution in [0.5, 0.6) is 11.5 Å². The van der Waals surface area contributed by atoms with Gasteiger partial charge >= 0.3 is 6.03 Å². The molecular formula is C27H21BrClFN2O5. The van der Waals surface area contributed by atoms with Crippen LogP contribution in [0.15, 0.2) is 64.6 Å². The fourth-order valence-electron chi connectivity index (χ4n) is 3.64. The molecule has 0 atom stereocenters. The number of hydrogen-bond acceptors (Lipinski definition) is 5. The summed E-state index contributed by atoms with van der Waals surface area (Å²) < 4.78 is 25.6. The molecule has 37 heavy (non-hydrogen) atoms. The van der Waals surface area contributed by atoms with E-state index in [0.29, 0.717) is 38.7 Å². The molecular weight excluding hydrogens is 567 g/mol. The van der Waals surface area contributed by atoms with Crippen LogP contribution >= 0.6 is 27.5 Å². The predicted octanol–water partition coefficient (Wildman–Crippen LogP) is 6.19. The lowest BCUT2D eigenvalue weighted by molar-refractivity contribution is -0.122. The quantitative estimate of drug-likeness (QED) is 0.263. The fraction of sp³-hybridized carbons (Fsp3) is 0.148. The normalized spacial score (nSPS) is 14.7. The lowest BCUT2D eigenvalue weighted by Gasteiger charge is -2.26. The molecule has 4 rings (SSSR count). The minimum Gasteiger partial charge on any atom is -0.490 e. The number of imide groups is 2. The highest BCUT2D eigenvalue weighted by atomic mass is 79.9. The zero-order valence-electron chi connectivity index (χ0n) is 19.8. The first-order valence-corrected chi connectivity index (χ1v) is 12.4. The van der Waals surface area contributed by atoms with E-state index in [0.717, 1.165) is 10.5 Å². The predicted molar refractivity (Wildman–Crippen MR) is 141 cm³/mol. The molecule has 0 spiro atoms. The van der Waals surface area contributed by atoms with Gasteiger partial charge in [-0.05, 0) is 88.9 Å². The number of aryl methyl sites for hydroxylation is 1. The highest BCUT2D eigenvalue weighted by Gasteiger charge is 2.37. The van der Waals surface area contributed by atoms with Crippen LogP contribution in [-0.4, -0.2) is 24.5 Å². The molecule has 4 amide bonds. The summed E-state index contributed by atoms with van der Waals surface area (Å²) >= 11 is 9.63. The van der Waals surface area contributed by atoms with Crippen LogP contribution in [0.2, 0.25) is 5.02 Å². The highest BCUT2D eigenvalue weighted by molar-refractivity contribution is 9.10. The summed E-state index contributed by atoms with van der Waals surface area (Å²) in [4.78, 5) is 39.2. The number of hydrogen-bond donors (Lipinski definition) is 1. The van der Waals surface area contributed by atoms with Crippen LogP contribution < -0.4 is 19.7 Å². The van der Waals surface area contributed by atoms with Crippen molar-refractivity contribution >= 4 is 57.1 Å². The second-order valence-corrected chi connectivity index (χ2v) is 9.33. The van der Waals surface area contributed by atoms with Crippen molar-refractivity contribution in [1.82, 2.24) is 5.32 Å². The zero-order valence-corrected chi connectivity index (χ0v) is 22.2. The number of ether oxygens (including phenoxy) is 2. The molecule has 0 bridgehead atoms. The van der Waals surface area contributed by atoms with E-state index < -0.39 is 17.8 Å². The fourth-order valence-corrected chi connectivity index (χ4v) is 4.38. The van der Waals surface area contributed by atoms with Crippen molar-refractivity contribution in [1.29, 1.82) is 0 Å². The SMILES string of the molecule is CCOc1cc(/C=C2/C(=O)NC(=O)N(c3ccc(C)c(Cl)c3)C2=O)cc(Br)c1OCc1cccc(F)c1. The minimum absolute atomic E-state index is 0.0912. The third-order valence-electron chi connectivity index (χ3n) is 5.43. The van der Waals surface area contributed by atoms with Crippen molar-refractivity contribution in [3.63, 3.8) is 0 Å². The summed E-state index contributed by atoms with van der Waals surface area (Å²) in [6, 6.07) is 13.1. The van der Waals surface area contributed by atoms with Gasteiger partial charge in [0.05, 0.1) is 16.8 Å². The van der Waals surface area contributed by atoms with Gasteiger partial charge in [0.2, 0.25) is 0 Å². The van der Waals surface area contributed by atoms with Gasteiger partial charge in [0.25, 0.3) is 11.8 Å². The number of anilines is 1. The first kappa shape index (κ1) is 26.4. The van der Waals surface area contributed by atoms with E-state index in [4.69, 9.17) is 21.1 Å². The third-order valence-corrected chi connectivity index (χ3v) is 6.43. The van der Waals surface area contributed by atoms with Crippen molar-refractivity contribution in [3.8, 4) is 11.5 Å². The molecule has 0 aromatic heterocycles. The van der Waals surface area contributed by atoms with Gasteiger partial charge in [-0.25, -0.2) is 14.1 Å². The van der Waals surface area contributed by atoms with Crippen LogP contribution in [0.1, 0.15) is 23.6 Å². The minimum atomic E-state index is -0.871. The van der Waals surface area contributed by atoms with Crippen LogP contribution in [0.3, 0.4) is 0 Å². The van der Waals surface area contributed by atoms with E-state index >= 15 is 0 Å². The Kier molecular flexibility index (Phi) is 7.94. The monoisotopic (exact) mass is 586 g/mol. The first-order valence-electron chi connectivity index (χ1n) is 11.2. The van der Waals surface area contributed by atoms with E-state index in [-0.39, 0.29) is 23.7 Å². The lowest BCUT2D eigenvalue weighted by atomic mass is 10.1. The van der Waals surface area contributed by atoms with E-state index in [9.17, 15) is 18.8 Å². The molecule has 10 heteroatoms. The molecule has 1 N–H and O–H groups in total. The van der Waals surface area contributed by atoms with Gasteiger partial charge < -0.3 is 9.47 Å². The smallest absolute Gasteiger partial charge is 0.335 e. The maximum absolute atomic E-state index is 13.5. The number of amides is 4. The molecule has 7 nitrogen and oxygen atoms in total. The standard InChI is InChI=1S/C27H21BrClFN2O5/c1-3-36-23-12-17(11-21(28)24(23)37-14-16-5-4-6-18(30)9-16)10-20-25(33)31-27(35)32(26(20)34)19-8-7-15(2)22(29)13-19/h4-13H,3,14H2,1-2H3,(H,31,33,35)/b20-10-. The van der Waals surface area contributed by atoms with Gasteiger partial charge in [-0.3, -0.25) is 14.9 Å². The zero-order chi connectivity index (χ0) is 26.7. The van der Waals surface area contributed by atoms with Gasteiger partial charge in [0, 0.05) is 5.02 Å². The Labute approximate surface area is 225 Å². The molecule has 0 saturated carbocycles. The topological polar surface area (TPSA) is 84.9 Å². The van der Waals surface area contributed by atoms with Crippen molar-refractivity contribution in [3.05, 3.63) is 92.2 Å². The number of carbonyl (C=O) groups is 3. The molecule has 0 unspecified atom stereocenters. The summed E-state index contributed by atoms with van der Waals surface area (Å²) in [7, 11) is 0. The maximum atomic E-state index is 13.5. The Morgan fingerprint density at radius 2 is 1.86 bits per heavy atom. The van der Waals surface area contributed by atoms with Gasteiger partial charge in [-0.1, -0.05) is 29.8 Å².